The molecule has 1 N–H and O–H groups in total. The van der Waals surface area contributed by atoms with Crippen molar-refractivity contribution in [3.05, 3.63) is 76.0 Å². The fourth-order valence-electron chi connectivity index (χ4n) is 4.86. The van der Waals surface area contributed by atoms with Crippen molar-refractivity contribution in [3.63, 3.8) is 0 Å². The summed E-state index contributed by atoms with van der Waals surface area (Å²) in [6.45, 7) is 1.63. The van der Waals surface area contributed by atoms with Crippen LogP contribution in [0.3, 0.4) is 0 Å². The maximum Gasteiger partial charge on any atom is 0.257 e. The highest BCUT2D eigenvalue weighted by Gasteiger charge is 2.38. The highest BCUT2D eigenvalue weighted by molar-refractivity contribution is 6.33. The molecule has 0 spiro atoms. The molecule has 0 atom stereocenters. The molecular formula is C26H28ClF2N3O2. The average molecular weight is 488 g/mol. The van der Waals surface area contributed by atoms with E-state index in [-0.39, 0.29) is 45.1 Å². The van der Waals surface area contributed by atoms with Crippen LogP contribution in [0.4, 0.5) is 8.78 Å². The number of halogens is 3. The molecule has 1 heterocycles. The first-order valence-corrected chi connectivity index (χ1v) is 11.7. The number of carbonyl (C=O) groups excluding carboxylic acids is 1. The van der Waals surface area contributed by atoms with Crippen LogP contribution in [0.25, 0.3) is 11.3 Å². The summed E-state index contributed by atoms with van der Waals surface area (Å²) in [6.07, 6.45) is 4.12. The molecule has 1 fully saturated rings. The van der Waals surface area contributed by atoms with Crippen LogP contribution < -0.4 is 5.32 Å². The predicted octanol–water partition coefficient (Wildman–Crippen LogP) is 5.80. The van der Waals surface area contributed by atoms with Gasteiger partial charge in [0.25, 0.3) is 5.91 Å². The van der Waals surface area contributed by atoms with E-state index in [0.29, 0.717) is 5.76 Å². The lowest BCUT2D eigenvalue weighted by atomic mass is 9.74. The smallest absolute Gasteiger partial charge is 0.257 e. The summed E-state index contributed by atoms with van der Waals surface area (Å²) in [5, 5.41) is 7.18. The third kappa shape index (κ3) is 4.86. The van der Waals surface area contributed by atoms with Crippen molar-refractivity contribution >= 4 is 17.5 Å². The second-order valence-corrected chi connectivity index (χ2v) is 9.64. The Morgan fingerprint density at radius 2 is 1.85 bits per heavy atom. The molecular weight excluding hydrogens is 460 g/mol. The number of benzene rings is 2. The van der Waals surface area contributed by atoms with Crippen LogP contribution in [0.2, 0.25) is 5.02 Å². The molecule has 0 bridgehead atoms. The molecule has 4 rings (SSSR count). The summed E-state index contributed by atoms with van der Waals surface area (Å²) in [5.74, 6) is -0.853. The van der Waals surface area contributed by atoms with E-state index in [2.05, 4.69) is 29.5 Å². The summed E-state index contributed by atoms with van der Waals surface area (Å²) in [7, 11) is 4.13. The van der Waals surface area contributed by atoms with Gasteiger partial charge in [-0.15, -0.1) is 0 Å². The van der Waals surface area contributed by atoms with E-state index in [1.54, 1.807) is 13.0 Å². The molecule has 34 heavy (non-hydrogen) atoms. The van der Waals surface area contributed by atoms with E-state index >= 15 is 0 Å². The van der Waals surface area contributed by atoms with Crippen molar-refractivity contribution in [1.82, 2.24) is 15.4 Å². The van der Waals surface area contributed by atoms with Gasteiger partial charge in [-0.1, -0.05) is 35.0 Å². The molecule has 0 aliphatic heterocycles. The fraction of sp³-hybridized carbons (Fsp3) is 0.385. The minimum Gasteiger partial charge on any atom is -0.360 e. The van der Waals surface area contributed by atoms with Crippen LogP contribution in [0.1, 0.15) is 47.4 Å². The molecule has 180 valence electrons. The van der Waals surface area contributed by atoms with Gasteiger partial charge in [0.2, 0.25) is 0 Å². The van der Waals surface area contributed by atoms with Gasteiger partial charge in [-0.05, 0) is 83.0 Å². The molecule has 1 aromatic heterocycles. The van der Waals surface area contributed by atoms with E-state index in [9.17, 15) is 13.6 Å². The number of rotatable bonds is 6. The Kier molecular flexibility index (Phi) is 7.05. The number of amides is 1. The Balaban J connectivity index is 1.48. The summed E-state index contributed by atoms with van der Waals surface area (Å²) in [5.41, 5.74) is 1.37. The lowest BCUT2D eigenvalue weighted by molar-refractivity contribution is 0.0769. The number of carbonyl (C=O) groups is 1. The minimum absolute atomic E-state index is 0.0352. The predicted molar refractivity (Wildman–Crippen MR) is 128 cm³/mol. The minimum atomic E-state index is -0.566. The van der Waals surface area contributed by atoms with Gasteiger partial charge in [0.15, 0.2) is 0 Å². The Bertz CT molecular complexity index is 1150. The maximum atomic E-state index is 14.5. The third-order valence-electron chi connectivity index (χ3n) is 6.94. The normalized spacial score (nSPS) is 20.5. The number of hydrogen-bond donors (Lipinski definition) is 1. The van der Waals surface area contributed by atoms with Crippen LogP contribution in [-0.2, 0) is 6.42 Å². The molecule has 1 aliphatic carbocycles. The summed E-state index contributed by atoms with van der Waals surface area (Å²) in [4.78, 5) is 15.4. The summed E-state index contributed by atoms with van der Waals surface area (Å²) in [6, 6.07) is 10.9. The Hall–Kier alpha value is -2.77. The Labute approximate surface area is 203 Å². The number of nitrogens with one attached hydrogen (secondary N) is 1. The molecule has 1 saturated carbocycles. The fourth-order valence-corrected chi connectivity index (χ4v) is 5.11. The van der Waals surface area contributed by atoms with Gasteiger partial charge in [0.05, 0.1) is 10.6 Å². The topological polar surface area (TPSA) is 58.4 Å². The number of aromatic nitrogens is 1. The number of aryl methyl sites for hydroxylation is 1. The van der Waals surface area contributed by atoms with Crippen LogP contribution in [-0.4, -0.2) is 41.6 Å². The number of likely N-dealkylation sites (N-methyl/N-ethyl adjacent to an activating group) is 1. The zero-order valence-electron chi connectivity index (χ0n) is 19.5. The molecule has 5 nitrogen and oxygen atoms in total. The van der Waals surface area contributed by atoms with Crippen molar-refractivity contribution in [2.45, 2.75) is 50.6 Å². The largest absolute Gasteiger partial charge is 0.360 e. The van der Waals surface area contributed by atoms with Gasteiger partial charge in [-0.3, -0.25) is 4.79 Å². The zero-order chi connectivity index (χ0) is 24.5. The first kappa shape index (κ1) is 24.4. The quantitative estimate of drug-likeness (QED) is 0.477. The van der Waals surface area contributed by atoms with Crippen molar-refractivity contribution in [2.75, 3.05) is 14.1 Å². The highest BCUT2D eigenvalue weighted by Crippen LogP contribution is 2.37. The van der Waals surface area contributed by atoms with Crippen molar-refractivity contribution in [3.8, 4) is 11.3 Å². The number of hydrogen-bond acceptors (Lipinski definition) is 4. The van der Waals surface area contributed by atoms with Gasteiger partial charge in [-0.25, -0.2) is 8.78 Å². The van der Waals surface area contributed by atoms with Crippen molar-refractivity contribution in [1.29, 1.82) is 0 Å². The third-order valence-corrected chi connectivity index (χ3v) is 7.25. The summed E-state index contributed by atoms with van der Waals surface area (Å²) >= 11 is 6.20. The van der Waals surface area contributed by atoms with Gasteiger partial charge < -0.3 is 14.7 Å². The first-order valence-electron chi connectivity index (χ1n) is 11.3. The van der Waals surface area contributed by atoms with Crippen LogP contribution in [0.15, 0.2) is 47.0 Å². The molecule has 1 aliphatic rings. The van der Waals surface area contributed by atoms with E-state index in [1.807, 2.05) is 12.1 Å². The van der Waals surface area contributed by atoms with Gasteiger partial charge in [0.1, 0.15) is 28.7 Å². The van der Waals surface area contributed by atoms with E-state index in [0.717, 1.165) is 37.7 Å². The molecule has 1 amide bonds. The van der Waals surface area contributed by atoms with Gasteiger partial charge >= 0.3 is 0 Å². The van der Waals surface area contributed by atoms with E-state index < -0.39 is 5.82 Å². The first-order chi connectivity index (χ1) is 16.2. The second-order valence-electron chi connectivity index (χ2n) is 9.23. The van der Waals surface area contributed by atoms with Crippen molar-refractivity contribution < 1.29 is 18.1 Å². The standard InChI is InChI=1S/C26H28ClF2N3O2/c1-16-22(24(31-34-16)23-20(27)5-4-6-21(23)29)25(33)30-19-11-13-26(14-12-19,32(2)3)15-17-7-9-18(28)10-8-17/h4-10,19H,11-15H2,1-3H3,(H,30,33). The maximum absolute atomic E-state index is 14.5. The van der Waals surface area contributed by atoms with Crippen LogP contribution in [0.5, 0.6) is 0 Å². The van der Waals surface area contributed by atoms with Gasteiger partial charge in [0, 0.05) is 11.6 Å². The monoisotopic (exact) mass is 487 g/mol. The van der Waals surface area contributed by atoms with Crippen molar-refractivity contribution in [2.24, 2.45) is 0 Å². The summed E-state index contributed by atoms with van der Waals surface area (Å²) < 4.78 is 33.1. The highest BCUT2D eigenvalue weighted by atomic mass is 35.5. The second kappa shape index (κ2) is 9.84. The molecule has 0 unspecified atom stereocenters. The number of nitrogens with zero attached hydrogens (tertiary/aromatic N) is 2. The Morgan fingerprint density at radius 3 is 2.47 bits per heavy atom. The molecule has 2 aromatic carbocycles. The molecule has 0 saturated heterocycles. The Morgan fingerprint density at radius 1 is 1.18 bits per heavy atom. The van der Waals surface area contributed by atoms with E-state index in [4.69, 9.17) is 16.1 Å². The zero-order valence-corrected chi connectivity index (χ0v) is 20.3. The van der Waals surface area contributed by atoms with Crippen LogP contribution >= 0.6 is 11.6 Å². The lowest BCUT2D eigenvalue weighted by Gasteiger charge is -2.45. The molecule has 3 aromatic rings. The average Bonchev–Trinajstić information content (AvgIpc) is 3.17. The molecule has 8 heteroatoms. The van der Waals surface area contributed by atoms with Crippen LogP contribution in [0, 0.1) is 18.6 Å². The SMILES string of the molecule is Cc1onc(-c2c(F)cccc2Cl)c1C(=O)NC1CCC(Cc2ccc(F)cc2)(N(C)C)CC1. The molecule has 0 radical (unpaired) electrons. The van der Waals surface area contributed by atoms with E-state index in [1.165, 1.54) is 24.3 Å². The van der Waals surface area contributed by atoms with Gasteiger partial charge in [-0.2, -0.15) is 0 Å². The lowest BCUT2D eigenvalue weighted by Crippen LogP contribution is -2.52.